The van der Waals surface area contributed by atoms with Crippen LogP contribution in [0.5, 0.6) is 0 Å². The van der Waals surface area contributed by atoms with Crippen LogP contribution in [0.2, 0.25) is 0 Å². The summed E-state index contributed by atoms with van der Waals surface area (Å²) in [4.78, 5) is 19.0. The maximum Gasteiger partial charge on any atom is 0.692 e. The fourth-order valence-electron chi connectivity index (χ4n) is 4.86. The van der Waals surface area contributed by atoms with Gasteiger partial charge in [-0.25, -0.2) is 9.67 Å². The maximum absolute atomic E-state index is 8.70. The van der Waals surface area contributed by atoms with E-state index >= 15 is 0 Å². The standard InChI is InChI=1S/C30H33N3.HO3P/c1-23(2)28(24(3)4)20-21-29-31-22-33(32-29)30(25-14-8-5-9-15-25,26-16-10-6-11-17-26)27-18-12-7-13-19-27;1-4(2)3/h5-24,28H,1-4H3;(H-,1,2,3)/p+1. The Hall–Kier alpha value is -3.44. The minimum atomic E-state index is -2.87. The Morgan fingerprint density at radius 3 is 1.49 bits per heavy atom. The van der Waals surface area contributed by atoms with Crippen molar-refractivity contribution in [2.24, 2.45) is 17.8 Å². The first-order valence-corrected chi connectivity index (χ1v) is 13.5. The summed E-state index contributed by atoms with van der Waals surface area (Å²) in [5.41, 5.74) is 2.80. The van der Waals surface area contributed by atoms with Crippen LogP contribution in [0.25, 0.3) is 6.08 Å². The normalized spacial score (nSPS) is 11.7. The molecule has 7 heteroatoms. The quantitative estimate of drug-likeness (QED) is 0.201. The molecule has 6 nitrogen and oxygen atoms in total. The molecule has 0 unspecified atom stereocenters. The van der Waals surface area contributed by atoms with Crippen LogP contribution in [0, 0.1) is 17.8 Å². The van der Waals surface area contributed by atoms with E-state index in [1.807, 2.05) is 11.0 Å². The number of rotatable bonds is 8. The van der Waals surface area contributed by atoms with Gasteiger partial charge < -0.3 is 0 Å². The van der Waals surface area contributed by atoms with Gasteiger partial charge in [-0.15, -0.1) is 9.79 Å². The van der Waals surface area contributed by atoms with Crippen LogP contribution >= 0.6 is 8.25 Å². The number of hydrogen-bond acceptors (Lipinski definition) is 3. The molecular weight excluding hydrogens is 481 g/mol. The number of hydrogen-bond donors (Lipinski definition) is 2. The van der Waals surface area contributed by atoms with Gasteiger partial charge >= 0.3 is 8.25 Å². The summed E-state index contributed by atoms with van der Waals surface area (Å²) in [6, 6.07) is 31.7. The van der Waals surface area contributed by atoms with Gasteiger partial charge in [-0.1, -0.05) is 125 Å². The van der Waals surface area contributed by atoms with Crippen molar-refractivity contribution in [3.63, 3.8) is 0 Å². The first-order chi connectivity index (χ1) is 17.8. The first-order valence-electron chi connectivity index (χ1n) is 12.4. The summed E-state index contributed by atoms with van der Waals surface area (Å²) >= 11 is 0. The zero-order valence-corrected chi connectivity index (χ0v) is 22.6. The van der Waals surface area contributed by atoms with Gasteiger partial charge in [0.25, 0.3) is 0 Å². The highest BCUT2D eigenvalue weighted by Gasteiger charge is 2.39. The van der Waals surface area contributed by atoms with Gasteiger partial charge in [0.05, 0.1) is 0 Å². The van der Waals surface area contributed by atoms with Crippen molar-refractivity contribution < 1.29 is 14.4 Å². The van der Waals surface area contributed by atoms with E-state index in [0.29, 0.717) is 17.8 Å². The average molecular weight is 517 g/mol. The lowest BCUT2D eigenvalue weighted by molar-refractivity contribution is 0.357. The predicted molar refractivity (Wildman–Crippen MR) is 149 cm³/mol. The topological polar surface area (TPSA) is 88.2 Å². The van der Waals surface area contributed by atoms with Gasteiger partial charge in [-0.2, -0.15) is 5.10 Å². The van der Waals surface area contributed by atoms with E-state index in [9.17, 15) is 0 Å². The van der Waals surface area contributed by atoms with Crippen LogP contribution in [0.4, 0.5) is 0 Å². The molecule has 4 aromatic rings. The van der Waals surface area contributed by atoms with Crippen molar-refractivity contribution in [2.75, 3.05) is 0 Å². The van der Waals surface area contributed by atoms with E-state index in [0.717, 1.165) is 22.5 Å². The third-order valence-electron chi connectivity index (χ3n) is 6.44. The van der Waals surface area contributed by atoms with Gasteiger partial charge in [0.1, 0.15) is 11.9 Å². The van der Waals surface area contributed by atoms with Crippen LogP contribution in [0.3, 0.4) is 0 Å². The Morgan fingerprint density at radius 1 is 0.757 bits per heavy atom. The summed E-state index contributed by atoms with van der Waals surface area (Å²) in [5, 5.41) is 5.02. The van der Waals surface area contributed by atoms with Crippen LogP contribution in [0.15, 0.2) is 103 Å². The number of nitrogens with zero attached hydrogens (tertiary/aromatic N) is 3. The molecule has 3 aromatic carbocycles. The van der Waals surface area contributed by atoms with Crippen molar-refractivity contribution in [1.29, 1.82) is 0 Å². The molecule has 0 amide bonds. The highest BCUT2D eigenvalue weighted by molar-refractivity contribution is 7.30. The first kappa shape index (κ1) is 28.1. The highest BCUT2D eigenvalue weighted by Crippen LogP contribution is 2.40. The zero-order chi connectivity index (χ0) is 26.8. The van der Waals surface area contributed by atoms with Crippen LogP contribution < -0.4 is 0 Å². The third kappa shape index (κ3) is 6.86. The minimum absolute atomic E-state index is 0.485. The molecule has 0 aliphatic carbocycles. The van der Waals surface area contributed by atoms with E-state index < -0.39 is 13.8 Å². The van der Waals surface area contributed by atoms with Crippen molar-refractivity contribution in [3.05, 3.63) is 126 Å². The molecule has 0 saturated heterocycles. The Bertz CT molecular complexity index is 1160. The molecule has 0 radical (unpaired) electrons. The highest BCUT2D eigenvalue weighted by atomic mass is 31.1. The number of aromatic nitrogens is 3. The Balaban J connectivity index is 0.000000886. The summed E-state index contributed by atoms with van der Waals surface area (Å²) in [7, 11) is -2.87. The third-order valence-corrected chi connectivity index (χ3v) is 6.44. The van der Waals surface area contributed by atoms with Crippen molar-refractivity contribution in [3.8, 4) is 0 Å². The Morgan fingerprint density at radius 2 is 1.14 bits per heavy atom. The monoisotopic (exact) mass is 516 g/mol. The van der Waals surface area contributed by atoms with Crippen molar-refractivity contribution in [2.45, 2.75) is 33.2 Å². The molecule has 0 fully saturated rings. The SMILES string of the molecule is CC(C)C(C=Cc1ncn(C(c2ccccc2)(c2ccccc2)c2ccccc2)n1)C(C)C.O=[P+](O)O. The summed E-state index contributed by atoms with van der Waals surface area (Å²) < 4.78 is 10.7. The van der Waals surface area contributed by atoms with E-state index in [1.165, 1.54) is 0 Å². The average Bonchev–Trinajstić information content (AvgIpc) is 3.35. The van der Waals surface area contributed by atoms with E-state index in [-0.39, 0.29) is 0 Å². The van der Waals surface area contributed by atoms with Gasteiger partial charge in [0.15, 0.2) is 5.82 Å². The van der Waals surface area contributed by atoms with Gasteiger partial charge in [0, 0.05) is 4.57 Å². The molecule has 0 saturated carbocycles. The second kappa shape index (κ2) is 13.2. The number of benzene rings is 3. The lowest BCUT2D eigenvalue weighted by atomic mass is 9.77. The summed E-state index contributed by atoms with van der Waals surface area (Å²) in [6.45, 7) is 9.08. The molecule has 0 aliphatic heterocycles. The second-order valence-electron chi connectivity index (χ2n) is 9.53. The summed E-state index contributed by atoms with van der Waals surface area (Å²) in [5.74, 6) is 2.35. The molecule has 0 atom stereocenters. The van der Waals surface area contributed by atoms with Crippen LogP contribution in [0.1, 0.15) is 50.2 Å². The summed E-state index contributed by atoms with van der Waals surface area (Å²) in [6.07, 6.45) is 6.21. The molecule has 0 aliphatic rings. The predicted octanol–water partition coefficient (Wildman–Crippen LogP) is 6.69. The zero-order valence-electron chi connectivity index (χ0n) is 21.7. The molecule has 37 heavy (non-hydrogen) atoms. The fourth-order valence-corrected chi connectivity index (χ4v) is 4.86. The van der Waals surface area contributed by atoms with Crippen LogP contribution in [-0.2, 0) is 10.1 Å². The van der Waals surface area contributed by atoms with Gasteiger partial charge in [-0.3, -0.25) is 0 Å². The molecule has 1 heterocycles. The largest absolute Gasteiger partial charge is 0.692 e. The molecular formula is C30H35N3O3P+. The lowest BCUT2D eigenvalue weighted by Crippen LogP contribution is -2.38. The van der Waals surface area contributed by atoms with Gasteiger partial charge in [0.2, 0.25) is 0 Å². The molecule has 192 valence electrons. The minimum Gasteiger partial charge on any atom is -0.233 e. The van der Waals surface area contributed by atoms with Crippen LogP contribution in [-0.4, -0.2) is 24.6 Å². The van der Waals surface area contributed by atoms with Crippen molar-refractivity contribution in [1.82, 2.24) is 14.8 Å². The lowest BCUT2D eigenvalue weighted by Gasteiger charge is -2.35. The molecule has 4 rings (SSSR count). The Labute approximate surface area is 220 Å². The second-order valence-corrected chi connectivity index (χ2v) is 10.0. The molecule has 2 N–H and O–H groups in total. The number of allylic oxidation sites excluding steroid dienone is 1. The van der Waals surface area contributed by atoms with E-state index in [1.54, 1.807) is 0 Å². The maximum atomic E-state index is 8.70. The molecule has 1 aromatic heterocycles. The smallest absolute Gasteiger partial charge is 0.233 e. The van der Waals surface area contributed by atoms with E-state index in [2.05, 4.69) is 131 Å². The van der Waals surface area contributed by atoms with Gasteiger partial charge in [-0.05, 0) is 40.5 Å². The fraction of sp³-hybridized carbons (Fsp3) is 0.267. The molecule has 0 spiro atoms. The molecule has 0 bridgehead atoms. The van der Waals surface area contributed by atoms with Crippen molar-refractivity contribution >= 4 is 14.3 Å². The Kier molecular flexibility index (Phi) is 10.0. The van der Waals surface area contributed by atoms with E-state index in [4.69, 9.17) is 24.4 Å².